The second-order valence-electron chi connectivity index (χ2n) is 2.20. The molecule has 1 aromatic heterocycles. The maximum atomic E-state index is 5.58. The normalized spacial score (nSPS) is 16.9. The van der Waals surface area contributed by atoms with E-state index in [-0.39, 0.29) is 0 Å². The summed E-state index contributed by atoms with van der Waals surface area (Å²) in [6, 6.07) is 0. The monoisotopic (exact) mass is 158 g/mol. The zero-order valence-electron chi connectivity index (χ0n) is 5.34. The van der Waals surface area contributed by atoms with Gasteiger partial charge in [-0.15, -0.1) is 5.10 Å². The van der Waals surface area contributed by atoms with E-state index in [4.69, 9.17) is 11.6 Å². The fraction of sp³-hybridized carbons (Fsp3) is 0.600. The third kappa shape index (κ3) is 0.892. The second kappa shape index (κ2) is 2.21. The average Bonchev–Trinajstić information content (AvgIpc) is 2.27. The summed E-state index contributed by atoms with van der Waals surface area (Å²) in [4.78, 5) is 4.01. The SMILES string of the molecule is Clc1nc2n(n1)CCNC2. The highest BCUT2D eigenvalue weighted by atomic mass is 35.5. The molecule has 0 radical (unpaired) electrons. The molecule has 0 saturated carbocycles. The van der Waals surface area contributed by atoms with Crippen molar-refractivity contribution in [3.05, 3.63) is 11.1 Å². The summed E-state index contributed by atoms with van der Waals surface area (Å²) < 4.78 is 1.83. The van der Waals surface area contributed by atoms with Crippen molar-refractivity contribution in [1.82, 2.24) is 20.1 Å². The minimum atomic E-state index is 0.346. The molecular formula is C5H7ClN4. The number of nitrogens with one attached hydrogen (secondary N) is 1. The van der Waals surface area contributed by atoms with Crippen LogP contribution in [-0.2, 0) is 13.1 Å². The number of nitrogens with zero attached hydrogens (tertiary/aromatic N) is 3. The van der Waals surface area contributed by atoms with Gasteiger partial charge in [0.1, 0.15) is 5.82 Å². The lowest BCUT2D eigenvalue weighted by Crippen LogP contribution is -2.28. The van der Waals surface area contributed by atoms with Crippen molar-refractivity contribution >= 4 is 11.6 Å². The largest absolute Gasteiger partial charge is 0.308 e. The molecule has 1 aliphatic heterocycles. The van der Waals surface area contributed by atoms with Crippen LogP contribution in [-0.4, -0.2) is 21.3 Å². The van der Waals surface area contributed by atoms with Crippen molar-refractivity contribution in [3.8, 4) is 0 Å². The number of aromatic nitrogens is 3. The Morgan fingerprint density at radius 3 is 3.30 bits per heavy atom. The smallest absolute Gasteiger partial charge is 0.242 e. The summed E-state index contributed by atoms with van der Waals surface area (Å²) in [7, 11) is 0. The van der Waals surface area contributed by atoms with Gasteiger partial charge in [-0.2, -0.15) is 0 Å². The lowest BCUT2D eigenvalue weighted by Gasteiger charge is -2.11. The molecule has 0 saturated heterocycles. The van der Waals surface area contributed by atoms with Gasteiger partial charge < -0.3 is 5.32 Å². The molecule has 0 amide bonds. The quantitative estimate of drug-likeness (QED) is 0.580. The van der Waals surface area contributed by atoms with Crippen LogP contribution in [0.25, 0.3) is 0 Å². The van der Waals surface area contributed by atoms with E-state index in [0.29, 0.717) is 5.28 Å². The number of rotatable bonds is 0. The predicted molar refractivity (Wildman–Crippen MR) is 36.7 cm³/mol. The van der Waals surface area contributed by atoms with Gasteiger partial charge in [0.2, 0.25) is 5.28 Å². The van der Waals surface area contributed by atoms with Crippen LogP contribution in [0.4, 0.5) is 0 Å². The number of fused-ring (bicyclic) bond motifs is 1. The molecule has 0 spiro atoms. The standard InChI is InChI=1S/C5H7ClN4/c6-5-8-4-3-7-1-2-10(4)9-5/h7H,1-3H2. The summed E-state index contributed by atoms with van der Waals surface area (Å²) in [5.41, 5.74) is 0. The highest BCUT2D eigenvalue weighted by molar-refractivity contribution is 6.28. The molecule has 10 heavy (non-hydrogen) atoms. The van der Waals surface area contributed by atoms with E-state index >= 15 is 0 Å². The van der Waals surface area contributed by atoms with Crippen molar-refractivity contribution in [1.29, 1.82) is 0 Å². The number of halogens is 1. The van der Waals surface area contributed by atoms with Crippen molar-refractivity contribution in [2.45, 2.75) is 13.1 Å². The van der Waals surface area contributed by atoms with E-state index in [1.807, 2.05) is 4.68 Å². The van der Waals surface area contributed by atoms with E-state index in [1.54, 1.807) is 0 Å². The maximum Gasteiger partial charge on any atom is 0.242 e. The first-order chi connectivity index (χ1) is 4.86. The van der Waals surface area contributed by atoms with Gasteiger partial charge in [-0.25, -0.2) is 9.67 Å². The average molecular weight is 159 g/mol. The summed E-state index contributed by atoms with van der Waals surface area (Å²) in [6.45, 7) is 2.60. The number of hydrogen-bond donors (Lipinski definition) is 1. The van der Waals surface area contributed by atoms with Crippen molar-refractivity contribution < 1.29 is 0 Å². The van der Waals surface area contributed by atoms with Gasteiger partial charge in [0.25, 0.3) is 0 Å². The Bertz CT molecular complexity index is 220. The van der Waals surface area contributed by atoms with Crippen LogP contribution in [0.1, 0.15) is 5.82 Å². The minimum absolute atomic E-state index is 0.346. The van der Waals surface area contributed by atoms with Crippen molar-refractivity contribution in [2.75, 3.05) is 6.54 Å². The van der Waals surface area contributed by atoms with E-state index < -0.39 is 0 Å². The fourth-order valence-electron chi connectivity index (χ4n) is 1.04. The Morgan fingerprint density at radius 2 is 2.50 bits per heavy atom. The van der Waals surface area contributed by atoms with Crippen LogP contribution in [0.15, 0.2) is 0 Å². The molecule has 2 rings (SSSR count). The zero-order valence-corrected chi connectivity index (χ0v) is 6.10. The van der Waals surface area contributed by atoms with Gasteiger partial charge in [0.15, 0.2) is 0 Å². The highest BCUT2D eigenvalue weighted by Crippen LogP contribution is 2.05. The summed E-state index contributed by atoms with van der Waals surface area (Å²) in [5, 5.41) is 7.50. The van der Waals surface area contributed by atoms with Crippen LogP contribution in [0.3, 0.4) is 0 Å². The molecule has 0 aromatic carbocycles. The van der Waals surface area contributed by atoms with Crippen LogP contribution in [0.2, 0.25) is 5.28 Å². The van der Waals surface area contributed by atoms with E-state index in [9.17, 15) is 0 Å². The lowest BCUT2D eigenvalue weighted by molar-refractivity contribution is 0.468. The Labute approximate surface area is 63.2 Å². The molecule has 0 atom stereocenters. The molecular weight excluding hydrogens is 152 g/mol. The molecule has 0 aliphatic carbocycles. The summed E-state index contributed by atoms with van der Waals surface area (Å²) in [6.07, 6.45) is 0. The Balaban J connectivity index is 2.41. The van der Waals surface area contributed by atoms with Gasteiger partial charge in [-0.3, -0.25) is 0 Å². The third-order valence-corrected chi connectivity index (χ3v) is 1.67. The Kier molecular flexibility index (Phi) is 1.35. The Morgan fingerprint density at radius 1 is 1.60 bits per heavy atom. The summed E-state index contributed by atoms with van der Waals surface area (Å²) >= 11 is 5.58. The second-order valence-corrected chi connectivity index (χ2v) is 2.54. The first-order valence-corrected chi connectivity index (χ1v) is 3.54. The molecule has 54 valence electrons. The first kappa shape index (κ1) is 6.12. The predicted octanol–water partition coefficient (Wildman–Crippen LogP) is 0.0347. The van der Waals surface area contributed by atoms with Crippen molar-refractivity contribution in [3.63, 3.8) is 0 Å². The maximum absolute atomic E-state index is 5.58. The first-order valence-electron chi connectivity index (χ1n) is 3.16. The molecule has 5 heteroatoms. The lowest BCUT2D eigenvalue weighted by atomic mass is 10.4. The van der Waals surface area contributed by atoms with Gasteiger partial charge in [-0.1, -0.05) is 0 Å². The van der Waals surface area contributed by atoms with E-state index in [0.717, 1.165) is 25.5 Å². The van der Waals surface area contributed by atoms with Crippen LogP contribution in [0, 0.1) is 0 Å². The Hall–Kier alpha value is -0.610. The van der Waals surface area contributed by atoms with Crippen LogP contribution >= 0.6 is 11.6 Å². The zero-order chi connectivity index (χ0) is 6.97. The molecule has 0 bridgehead atoms. The van der Waals surface area contributed by atoms with Crippen molar-refractivity contribution in [2.24, 2.45) is 0 Å². The summed E-state index contributed by atoms with van der Waals surface area (Å²) in [5.74, 6) is 0.927. The van der Waals surface area contributed by atoms with Gasteiger partial charge >= 0.3 is 0 Å². The third-order valence-electron chi connectivity index (χ3n) is 1.51. The molecule has 0 fully saturated rings. The van der Waals surface area contributed by atoms with Gasteiger partial charge in [0, 0.05) is 6.54 Å². The molecule has 1 aromatic rings. The minimum Gasteiger partial charge on any atom is -0.308 e. The van der Waals surface area contributed by atoms with E-state index in [1.165, 1.54) is 0 Å². The number of hydrogen-bond acceptors (Lipinski definition) is 3. The highest BCUT2D eigenvalue weighted by Gasteiger charge is 2.10. The van der Waals surface area contributed by atoms with Gasteiger partial charge in [-0.05, 0) is 11.6 Å². The molecule has 4 nitrogen and oxygen atoms in total. The molecule has 2 heterocycles. The van der Waals surface area contributed by atoms with Crippen LogP contribution < -0.4 is 5.32 Å². The van der Waals surface area contributed by atoms with Gasteiger partial charge in [0.05, 0.1) is 13.1 Å². The van der Waals surface area contributed by atoms with Crippen LogP contribution in [0.5, 0.6) is 0 Å². The fourth-order valence-corrected chi connectivity index (χ4v) is 1.23. The topological polar surface area (TPSA) is 42.7 Å². The molecule has 1 aliphatic rings. The molecule has 1 N–H and O–H groups in total. The molecule has 0 unspecified atom stereocenters. The van der Waals surface area contributed by atoms with E-state index in [2.05, 4.69) is 15.4 Å².